The summed E-state index contributed by atoms with van der Waals surface area (Å²) in [6, 6.07) is 3.57. The molecule has 1 heterocycles. The summed E-state index contributed by atoms with van der Waals surface area (Å²) in [7, 11) is 1.62. The van der Waals surface area contributed by atoms with Gasteiger partial charge in [0.05, 0.1) is 23.7 Å². The van der Waals surface area contributed by atoms with Crippen LogP contribution in [0.1, 0.15) is 17.9 Å². The van der Waals surface area contributed by atoms with E-state index in [2.05, 4.69) is 11.6 Å². The van der Waals surface area contributed by atoms with E-state index in [9.17, 15) is 0 Å². The van der Waals surface area contributed by atoms with Gasteiger partial charge in [0.25, 0.3) is 0 Å². The minimum atomic E-state index is 0.140. The molecule has 1 atom stereocenters. The van der Waals surface area contributed by atoms with E-state index < -0.39 is 0 Å². The van der Waals surface area contributed by atoms with Gasteiger partial charge in [-0.2, -0.15) is 0 Å². The number of aliphatic imine (C=N–C) groups is 1. The van der Waals surface area contributed by atoms with E-state index in [0.29, 0.717) is 29.6 Å². The van der Waals surface area contributed by atoms with E-state index in [1.165, 1.54) is 0 Å². The third kappa shape index (κ3) is 3.04. The van der Waals surface area contributed by atoms with Gasteiger partial charge in [0.1, 0.15) is 12.4 Å². The van der Waals surface area contributed by atoms with Crippen molar-refractivity contribution in [1.29, 1.82) is 0 Å². The Morgan fingerprint density at radius 1 is 1.47 bits per heavy atom. The lowest BCUT2D eigenvalue weighted by Crippen LogP contribution is -2.06. The van der Waals surface area contributed by atoms with Gasteiger partial charge in [-0.3, -0.25) is 4.99 Å². The Labute approximate surface area is 122 Å². The summed E-state index contributed by atoms with van der Waals surface area (Å²) >= 11 is 12.4. The highest BCUT2D eigenvalue weighted by Crippen LogP contribution is 2.41. The molecule has 19 heavy (non-hydrogen) atoms. The minimum absolute atomic E-state index is 0.140. The fraction of sp³-hybridized carbons (Fsp3) is 0.357. The Morgan fingerprint density at radius 2 is 2.26 bits per heavy atom. The van der Waals surface area contributed by atoms with Crippen LogP contribution in [0.5, 0.6) is 5.75 Å². The van der Waals surface area contributed by atoms with Crippen molar-refractivity contribution in [2.24, 2.45) is 4.99 Å². The highest BCUT2D eigenvalue weighted by Gasteiger charge is 2.27. The zero-order valence-electron chi connectivity index (χ0n) is 10.7. The monoisotopic (exact) mass is 299 g/mol. The molecule has 0 bridgehead atoms. The maximum Gasteiger partial charge on any atom is 0.183 e. The molecule has 0 amide bonds. The first kappa shape index (κ1) is 14.2. The Hall–Kier alpha value is -1.19. The fourth-order valence-corrected chi connectivity index (χ4v) is 2.57. The molecule has 1 aromatic rings. The molecule has 0 N–H and O–H groups in total. The van der Waals surface area contributed by atoms with E-state index in [1.54, 1.807) is 19.3 Å². The number of hydrogen-bond donors (Lipinski definition) is 0. The van der Waals surface area contributed by atoms with Crippen LogP contribution in [0.25, 0.3) is 0 Å². The third-order valence-electron chi connectivity index (χ3n) is 3.00. The largest absolute Gasteiger partial charge is 0.489 e. The molecule has 1 unspecified atom stereocenters. The molecule has 102 valence electrons. The second kappa shape index (κ2) is 6.31. The molecule has 1 aliphatic rings. The van der Waals surface area contributed by atoms with E-state index >= 15 is 0 Å². The Kier molecular flexibility index (Phi) is 4.72. The van der Waals surface area contributed by atoms with Gasteiger partial charge in [-0.1, -0.05) is 35.9 Å². The maximum absolute atomic E-state index is 6.32. The van der Waals surface area contributed by atoms with Crippen molar-refractivity contribution in [3.63, 3.8) is 0 Å². The summed E-state index contributed by atoms with van der Waals surface area (Å²) in [5.41, 5.74) is 0.895. The molecule has 1 aromatic carbocycles. The van der Waals surface area contributed by atoms with Gasteiger partial charge in [-0.15, -0.1) is 0 Å². The second-order valence-electron chi connectivity index (χ2n) is 4.21. The normalized spacial score (nSPS) is 18.1. The molecule has 1 aliphatic heterocycles. The lowest BCUT2D eigenvalue weighted by Gasteiger charge is -2.17. The summed E-state index contributed by atoms with van der Waals surface area (Å²) in [6.45, 7) is 4.70. The van der Waals surface area contributed by atoms with Crippen molar-refractivity contribution >= 4 is 29.1 Å². The van der Waals surface area contributed by atoms with Crippen molar-refractivity contribution in [1.82, 2.24) is 0 Å². The van der Waals surface area contributed by atoms with Gasteiger partial charge in [0.15, 0.2) is 5.90 Å². The van der Waals surface area contributed by atoms with Crippen LogP contribution in [0, 0.1) is 0 Å². The summed E-state index contributed by atoms with van der Waals surface area (Å²) < 4.78 is 10.8. The van der Waals surface area contributed by atoms with E-state index in [4.69, 9.17) is 32.7 Å². The highest BCUT2D eigenvalue weighted by atomic mass is 35.5. The van der Waals surface area contributed by atoms with Crippen LogP contribution in [0.3, 0.4) is 0 Å². The van der Waals surface area contributed by atoms with Gasteiger partial charge < -0.3 is 9.47 Å². The zero-order valence-corrected chi connectivity index (χ0v) is 12.2. The average molecular weight is 300 g/mol. The molecule has 0 aliphatic carbocycles. The molecule has 0 fully saturated rings. The number of halogens is 2. The number of hydrogen-bond acceptors (Lipinski definition) is 3. The SMILES string of the molecule is C=CCOc1ccc(Cl)c(Cl)c1C1CN=C(OC)C1. The molecule has 5 heteroatoms. The minimum Gasteiger partial charge on any atom is -0.489 e. The van der Waals surface area contributed by atoms with Crippen molar-refractivity contribution in [2.45, 2.75) is 12.3 Å². The molecule has 0 spiro atoms. The second-order valence-corrected chi connectivity index (χ2v) is 5.00. The quantitative estimate of drug-likeness (QED) is 0.784. The fourth-order valence-electron chi connectivity index (χ4n) is 2.10. The maximum atomic E-state index is 6.32. The van der Waals surface area contributed by atoms with Gasteiger partial charge in [-0.05, 0) is 12.1 Å². The van der Waals surface area contributed by atoms with Crippen LogP contribution >= 0.6 is 23.2 Å². The molecule has 0 aromatic heterocycles. The van der Waals surface area contributed by atoms with E-state index in [1.807, 2.05) is 6.07 Å². The number of benzene rings is 1. The van der Waals surface area contributed by atoms with Gasteiger partial charge in [-0.25, -0.2) is 0 Å². The zero-order chi connectivity index (χ0) is 13.8. The standard InChI is InChI=1S/C14H15Cl2NO2/c1-3-6-19-11-5-4-10(15)14(16)13(11)9-7-12(18-2)17-8-9/h3-5,9H,1,6-8H2,2H3. The Balaban J connectivity index is 2.31. The first-order valence-electron chi connectivity index (χ1n) is 5.96. The third-order valence-corrected chi connectivity index (χ3v) is 3.82. The summed E-state index contributed by atoms with van der Waals surface area (Å²) in [5.74, 6) is 1.60. The molecule has 2 rings (SSSR count). The van der Waals surface area contributed by atoms with Crippen molar-refractivity contribution in [2.75, 3.05) is 20.3 Å². The first-order chi connectivity index (χ1) is 9.17. The smallest absolute Gasteiger partial charge is 0.183 e. The molecule has 3 nitrogen and oxygen atoms in total. The van der Waals surface area contributed by atoms with Crippen LogP contribution in [0.4, 0.5) is 0 Å². The summed E-state index contributed by atoms with van der Waals surface area (Å²) in [5, 5.41) is 1.05. The number of nitrogens with zero attached hydrogens (tertiary/aromatic N) is 1. The van der Waals surface area contributed by atoms with E-state index in [0.717, 1.165) is 17.2 Å². The predicted molar refractivity (Wildman–Crippen MR) is 78.8 cm³/mol. The lowest BCUT2D eigenvalue weighted by molar-refractivity contribution is 0.356. The van der Waals surface area contributed by atoms with Crippen LogP contribution < -0.4 is 4.74 Å². The van der Waals surface area contributed by atoms with Gasteiger partial charge in [0.2, 0.25) is 0 Å². The van der Waals surface area contributed by atoms with Gasteiger partial charge in [0, 0.05) is 17.9 Å². The van der Waals surface area contributed by atoms with Crippen LogP contribution in [0.2, 0.25) is 10.0 Å². The molecular formula is C14H15Cl2NO2. The van der Waals surface area contributed by atoms with Crippen molar-refractivity contribution in [3.05, 3.63) is 40.4 Å². The first-order valence-corrected chi connectivity index (χ1v) is 6.71. The van der Waals surface area contributed by atoms with E-state index in [-0.39, 0.29) is 5.92 Å². The molecule has 0 radical (unpaired) electrons. The number of rotatable bonds is 4. The Morgan fingerprint density at radius 3 is 2.89 bits per heavy atom. The van der Waals surface area contributed by atoms with Crippen LogP contribution in [-0.2, 0) is 4.74 Å². The highest BCUT2D eigenvalue weighted by molar-refractivity contribution is 6.42. The molecule has 0 saturated carbocycles. The van der Waals surface area contributed by atoms with Gasteiger partial charge >= 0.3 is 0 Å². The lowest BCUT2D eigenvalue weighted by atomic mass is 9.96. The average Bonchev–Trinajstić information content (AvgIpc) is 2.88. The molecule has 0 saturated heterocycles. The van der Waals surface area contributed by atoms with Crippen LogP contribution in [0.15, 0.2) is 29.8 Å². The molecular weight excluding hydrogens is 285 g/mol. The summed E-state index contributed by atoms with van der Waals surface area (Å²) in [6.07, 6.45) is 2.40. The number of methoxy groups -OCH3 is 1. The predicted octanol–water partition coefficient (Wildman–Crippen LogP) is 4.09. The Bertz CT molecular complexity index is 514. The summed E-state index contributed by atoms with van der Waals surface area (Å²) in [4.78, 5) is 4.32. The van der Waals surface area contributed by atoms with Crippen molar-refractivity contribution in [3.8, 4) is 5.75 Å². The number of ether oxygens (including phenoxy) is 2. The van der Waals surface area contributed by atoms with Crippen LogP contribution in [-0.4, -0.2) is 26.2 Å². The topological polar surface area (TPSA) is 30.8 Å². The van der Waals surface area contributed by atoms with Crippen molar-refractivity contribution < 1.29 is 9.47 Å².